The number of carbonyl (C=O) groups excluding carboxylic acids is 1. The van der Waals surface area contributed by atoms with Crippen LogP contribution >= 0.6 is 0 Å². The molecule has 0 aromatic carbocycles. The van der Waals surface area contributed by atoms with Crippen LogP contribution in [0.15, 0.2) is 12.7 Å². The Morgan fingerprint density at radius 2 is 1.52 bits per heavy atom. The van der Waals surface area contributed by atoms with Gasteiger partial charge in [-0.15, -0.1) is 6.58 Å². The van der Waals surface area contributed by atoms with Gasteiger partial charge in [0, 0.05) is 32.5 Å². The fourth-order valence-electron chi connectivity index (χ4n) is 5.44. The third-order valence-electron chi connectivity index (χ3n) is 10.6. The molecule has 1 heterocycles. The SMILES string of the molecule is C=CCC[C@H](O[Si](C)(C)C(C)(C)C)[C@H](C[C@H](O)[C@@H](O)[C@]1(OC)O[C@H](CC(=O)OC)[C@H](C)[C@H](O[Si](C)(C)C(C)(C)C)[C@H]1C)OC. The first-order chi connectivity index (χ1) is 20.0. The standard InChI is InChI=1S/C33H66O9Si2/c1-17-18-19-25(41-43(13,14)31(4,5)6)27(37-10)20-24(34)30(36)33(39-12)23(3)29(42-44(15,16)32(7,8)9)22(2)26(40-33)21-28(35)38-11/h17,22-27,29-30,34,36H,1,18-21H2,2-16H3/t22-,23+,24-,25-,26+,27-,29-,30+,33+/m0/s1. The molecule has 1 aliphatic rings. The van der Waals surface area contributed by atoms with Gasteiger partial charge in [0.1, 0.15) is 6.10 Å². The van der Waals surface area contributed by atoms with Gasteiger partial charge in [-0.05, 0) is 49.1 Å². The van der Waals surface area contributed by atoms with Gasteiger partial charge in [0.15, 0.2) is 16.6 Å². The van der Waals surface area contributed by atoms with Gasteiger partial charge in [-0.2, -0.15) is 0 Å². The van der Waals surface area contributed by atoms with Gasteiger partial charge in [0.25, 0.3) is 0 Å². The van der Waals surface area contributed by atoms with Crippen molar-refractivity contribution in [2.45, 2.75) is 160 Å². The molecule has 0 saturated carbocycles. The Kier molecular flexibility index (Phi) is 15.0. The molecule has 0 aromatic rings. The Morgan fingerprint density at radius 3 is 1.95 bits per heavy atom. The lowest BCUT2D eigenvalue weighted by Crippen LogP contribution is -2.67. The molecule has 9 nitrogen and oxygen atoms in total. The second-order valence-corrected chi connectivity index (χ2v) is 25.2. The van der Waals surface area contributed by atoms with Crippen molar-refractivity contribution in [3.05, 3.63) is 12.7 Å². The Labute approximate surface area is 270 Å². The van der Waals surface area contributed by atoms with E-state index in [4.69, 9.17) is 27.8 Å². The van der Waals surface area contributed by atoms with Crippen LogP contribution in [0.2, 0.25) is 36.3 Å². The average molecular weight is 663 g/mol. The van der Waals surface area contributed by atoms with Crippen LogP contribution < -0.4 is 0 Å². The van der Waals surface area contributed by atoms with Crippen LogP contribution in [0.3, 0.4) is 0 Å². The van der Waals surface area contributed by atoms with Gasteiger partial charge in [-0.3, -0.25) is 4.79 Å². The highest BCUT2D eigenvalue weighted by Gasteiger charge is 2.59. The molecule has 9 atom stereocenters. The molecular weight excluding hydrogens is 597 g/mol. The Morgan fingerprint density at radius 1 is 0.977 bits per heavy atom. The van der Waals surface area contributed by atoms with Crippen LogP contribution in [0.4, 0.5) is 0 Å². The monoisotopic (exact) mass is 662 g/mol. The molecule has 1 rings (SSSR count). The summed E-state index contributed by atoms with van der Waals surface area (Å²) in [6.45, 7) is 29.6. The van der Waals surface area contributed by atoms with E-state index in [2.05, 4.69) is 74.3 Å². The number of methoxy groups -OCH3 is 3. The maximum atomic E-state index is 12.5. The van der Waals surface area contributed by atoms with E-state index in [-0.39, 0.29) is 34.9 Å². The van der Waals surface area contributed by atoms with Crippen LogP contribution in [0, 0.1) is 11.8 Å². The third-order valence-corrected chi connectivity index (χ3v) is 19.6. The molecular formula is C33H66O9Si2. The highest BCUT2D eigenvalue weighted by molar-refractivity contribution is 6.74. The first-order valence-electron chi connectivity index (χ1n) is 16.1. The summed E-state index contributed by atoms with van der Waals surface area (Å²) >= 11 is 0. The summed E-state index contributed by atoms with van der Waals surface area (Å²) in [5, 5.41) is 23.5. The molecule has 260 valence electrons. The van der Waals surface area contributed by atoms with Crippen molar-refractivity contribution in [3.63, 3.8) is 0 Å². The third kappa shape index (κ3) is 9.70. The normalized spacial score (nSPS) is 28.2. The number of rotatable bonds is 16. The molecule has 0 unspecified atom stereocenters. The molecule has 0 amide bonds. The number of aliphatic hydroxyl groups is 2. The van der Waals surface area contributed by atoms with E-state index < -0.39 is 64.8 Å². The first kappa shape index (κ1) is 41.4. The van der Waals surface area contributed by atoms with Crippen LogP contribution in [0.5, 0.6) is 0 Å². The highest BCUT2D eigenvalue weighted by atomic mass is 28.4. The zero-order valence-corrected chi connectivity index (χ0v) is 32.5. The maximum absolute atomic E-state index is 12.5. The lowest BCUT2D eigenvalue weighted by Gasteiger charge is -2.55. The van der Waals surface area contributed by atoms with Gasteiger partial charge in [0.2, 0.25) is 5.79 Å². The van der Waals surface area contributed by atoms with Crippen molar-refractivity contribution in [1.29, 1.82) is 0 Å². The molecule has 0 radical (unpaired) electrons. The predicted molar refractivity (Wildman–Crippen MR) is 181 cm³/mol. The second kappa shape index (κ2) is 16.0. The van der Waals surface area contributed by atoms with Gasteiger partial charge in [0.05, 0.1) is 44.1 Å². The summed E-state index contributed by atoms with van der Waals surface area (Å²) in [6.07, 6.45) is -1.40. The second-order valence-electron chi connectivity index (χ2n) is 15.7. The van der Waals surface area contributed by atoms with E-state index in [1.807, 2.05) is 19.9 Å². The summed E-state index contributed by atoms with van der Waals surface area (Å²) in [5.41, 5.74) is 0. The van der Waals surface area contributed by atoms with E-state index in [0.29, 0.717) is 6.42 Å². The van der Waals surface area contributed by atoms with Crippen LogP contribution in [0.25, 0.3) is 0 Å². The minimum atomic E-state index is -2.30. The lowest BCUT2D eigenvalue weighted by molar-refractivity contribution is -0.367. The molecule has 1 aliphatic heterocycles. The highest BCUT2D eigenvalue weighted by Crippen LogP contribution is 2.47. The summed E-state index contributed by atoms with van der Waals surface area (Å²) < 4.78 is 37.2. The van der Waals surface area contributed by atoms with E-state index >= 15 is 0 Å². The molecule has 0 bridgehead atoms. The minimum absolute atomic E-state index is 0.0220. The molecule has 0 aliphatic carbocycles. The number of aliphatic hydroxyl groups excluding tert-OH is 2. The fourth-order valence-corrected chi connectivity index (χ4v) is 8.27. The van der Waals surface area contributed by atoms with Crippen molar-refractivity contribution in [2.24, 2.45) is 11.8 Å². The number of hydrogen-bond acceptors (Lipinski definition) is 9. The van der Waals surface area contributed by atoms with Crippen molar-refractivity contribution < 1.29 is 42.8 Å². The van der Waals surface area contributed by atoms with Gasteiger partial charge in [-0.25, -0.2) is 0 Å². The summed E-state index contributed by atoms with van der Waals surface area (Å²) in [6, 6.07) is 0. The molecule has 1 saturated heterocycles. The maximum Gasteiger partial charge on any atom is 0.308 e. The van der Waals surface area contributed by atoms with Crippen LogP contribution in [-0.2, 0) is 32.6 Å². The summed E-state index contributed by atoms with van der Waals surface area (Å²) in [5.74, 6) is -2.79. The number of ether oxygens (including phenoxy) is 4. The number of allylic oxidation sites excluding steroid dienone is 1. The van der Waals surface area contributed by atoms with Crippen molar-refractivity contribution in [1.82, 2.24) is 0 Å². The zero-order valence-electron chi connectivity index (χ0n) is 30.5. The summed E-state index contributed by atoms with van der Waals surface area (Å²) in [4.78, 5) is 12.5. The Bertz CT molecular complexity index is 914. The van der Waals surface area contributed by atoms with Gasteiger partial charge in [-0.1, -0.05) is 61.5 Å². The Hall–Kier alpha value is -0.636. The topological polar surface area (TPSA) is 113 Å². The van der Waals surface area contributed by atoms with Crippen LogP contribution in [0.1, 0.15) is 81.1 Å². The molecule has 0 spiro atoms. The number of esters is 1. The van der Waals surface area contributed by atoms with E-state index in [9.17, 15) is 15.0 Å². The molecule has 44 heavy (non-hydrogen) atoms. The molecule has 11 heteroatoms. The van der Waals surface area contributed by atoms with Crippen LogP contribution in [-0.4, -0.2) is 96.6 Å². The lowest BCUT2D eigenvalue weighted by atomic mass is 9.76. The zero-order chi connectivity index (χ0) is 34.5. The Balaban J connectivity index is 3.51. The van der Waals surface area contributed by atoms with E-state index in [1.165, 1.54) is 14.2 Å². The fraction of sp³-hybridized carbons (Fsp3) is 0.909. The van der Waals surface area contributed by atoms with Crippen molar-refractivity contribution >= 4 is 22.6 Å². The van der Waals surface area contributed by atoms with Crippen molar-refractivity contribution in [3.8, 4) is 0 Å². The molecule has 2 N–H and O–H groups in total. The van der Waals surface area contributed by atoms with Gasteiger partial charge >= 0.3 is 5.97 Å². The molecule has 1 fully saturated rings. The quantitative estimate of drug-likeness (QED) is 0.110. The minimum Gasteiger partial charge on any atom is -0.469 e. The molecule has 0 aromatic heterocycles. The van der Waals surface area contributed by atoms with E-state index in [1.54, 1.807) is 7.11 Å². The van der Waals surface area contributed by atoms with Crippen molar-refractivity contribution in [2.75, 3.05) is 21.3 Å². The van der Waals surface area contributed by atoms with E-state index in [0.717, 1.165) is 6.42 Å². The predicted octanol–water partition coefficient (Wildman–Crippen LogP) is 6.44. The number of carbonyl (C=O) groups is 1. The number of hydrogen-bond donors (Lipinski definition) is 2. The smallest absolute Gasteiger partial charge is 0.308 e. The largest absolute Gasteiger partial charge is 0.469 e. The van der Waals surface area contributed by atoms with Gasteiger partial charge < -0.3 is 38.0 Å². The average Bonchev–Trinajstić information content (AvgIpc) is 2.91. The first-order valence-corrected chi connectivity index (χ1v) is 21.9. The summed E-state index contributed by atoms with van der Waals surface area (Å²) in [7, 11) is -0.0921.